The zero-order valence-corrected chi connectivity index (χ0v) is 11.4. The van der Waals surface area contributed by atoms with E-state index in [0.717, 1.165) is 16.0 Å². The number of hydrogen-bond donors (Lipinski definition) is 0. The summed E-state index contributed by atoms with van der Waals surface area (Å²) in [5.41, 5.74) is 0.933. The molecule has 0 radical (unpaired) electrons. The zero-order chi connectivity index (χ0) is 13.1. The van der Waals surface area contributed by atoms with Gasteiger partial charge in [0.1, 0.15) is 12.1 Å². The lowest BCUT2D eigenvalue weighted by Crippen LogP contribution is -2.29. The van der Waals surface area contributed by atoms with E-state index in [9.17, 15) is 4.79 Å². The van der Waals surface area contributed by atoms with Crippen molar-refractivity contribution in [1.29, 1.82) is 0 Å². The summed E-state index contributed by atoms with van der Waals surface area (Å²) >= 11 is 1.60. The molecule has 0 unspecified atom stereocenters. The quantitative estimate of drug-likeness (QED) is 0.791. The average Bonchev–Trinajstić information content (AvgIpc) is 2.85. The molecule has 18 heavy (non-hydrogen) atoms. The Hall–Kier alpha value is -1.69. The molecule has 96 valence electrons. The number of hydrogen-bond acceptors (Lipinski definition) is 6. The van der Waals surface area contributed by atoms with Crippen LogP contribution in [0.15, 0.2) is 17.8 Å². The van der Waals surface area contributed by atoms with Gasteiger partial charge in [-0.3, -0.25) is 4.79 Å². The normalized spacial score (nSPS) is 12.4. The molecule has 0 aliphatic heterocycles. The Kier molecular flexibility index (Phi) is 3.76. The SMILES string of the molecule is COC(=O)[C@@H](C)CN(C)c1ncnc2ccsc12. The first-order valence-electron chi connectivity index (χ1n) is 5.60. The molecule has 0 aromatic carbocycles. The number of aromatic nitrogens is 2. The van der Waals surface area contributed by atoms with Crippen LogP contribution in [0.25, 0.3) is 10.2 Å². The van der Waals surface area contributed by atoms with Crippen LogP contribution >= 0.6 is 11.3 Å². The fourth-order valence-electron chi connectivity index (χ4n) is 1.82. The summed E-state index contributed by atoms with van der Waals surface area (Å²) < 4.78 is 5.76. The van der Waals surface area contributed by atoms with Crippen molar-refractivity contribution >= 4 is 33.3 Å². The lowest BCUT2D eigenvalue weighted by molar-refractivity contribution is -0.144. The van der Waals surface area contributed by atoms with Crippen molar-refractivity contribution in [2.75, 3.05) is 25.6 Å². The Balaban J connectivity index is 2.20. The molecule has 0 fully saturated rings. The fourth-order valence-corrected chi connectivity index (χ4v) is 2.71. The second-order valence-corrected chi connectivity index (χ2v) is 5.05. The molecule has 0 saturated heterocycles. The van der Waals surface area contributed by atoms with Gasteiger partial charge >= 0.3 is 5.97 Å². The molecule has 0 bridgehead atoms. The van der Waals surface area contributed by atoms with Gasteiger partial charge in [0.25, 0.3) is 0 Å². The van der Waals surface area contributed by atoms with Crippen LogP contribution in [0.5, 0.6) is 0 Å². The van der Waals surface area contributed by atoms with E-state index in [4.69, 9.17) is 4.74 Å². The molecule has 2 aromatic heterocycles. The minimum absolute atomic E-state index is 0.190. The third kappa shape index (κ3) is 2.43. The fraction of sp³-hybridized carbons (Fsp3) is 0.417. The van der Waals surface area contributed by atoms with Gasteiger partial charge in [0.2, 0.25) is 0 Å². The van der Waals surface area contributed by atoms with Crippen molar-refractivity contribution in [3.05, 3.63) is 17.8 Å². The van der Waals surface area contributed by atoms with E-state index in [0.29, 0.717) is 6.54 Å². The predicted molar refractivity (Wildman–Crippen MR) is 71.9 cm³/mol. The molecule has 2 rings (SSSR count). The minimum Gasteiger partial charge on any atom is -0.469 e. The molecule has 0 spiro atoms. The van der Waals surface area contributed by atoms with Crippen molar-refractivity contribution in [3.63, 3.8) is 0 Å². The van der Waals surface area contributed by atoms with Gasteiger partial charge in [-0.2, -0.15) is 0 Å². The van der Waals surface area contributed by atoms with Crippen LogP contribution in [0.2, 0.25) is 0 Å². The molecule has 1 atom stereocenters. The van der Waals surface area contributed by atoms with Crippen LogP contribution in [-0.2, 0) is 9.53 Å². The van der Waals surface area contributed by atoms with E-state index in [-0.39, 0.29) is 11.9 Å². The lowest BCUT2D eigenvalue weighted by Gasteiger charge is -2.21. The van der Waals surface area contributed by atoms with Crippen molar-refractivity contribution in [3.8, 4) is 0 Å². The highest BCUT2D eigenvalue weighted by atomic mass is 32.1. The minimum atomic E-state index is -0.210. The molecule has 0 N–H and O–H groups in total. The second kappa shape index (κ2) is 5.30. The second-order valence-electron chi connectivity index (χ2n) is 4.14. The van der Waals surface area contributed by atoms with Crippen LogP contribution in [-0.4, -0.2) is 36.6 Å². The van der Waals surface area contributed by atoms with Gasteiger partial charge in [-0.1, -0.05) is 6.92 Å². The first-order valence-corrected chi connectivity index (χ1v) is 6.48. The maximum atomic E-state index is 11.4. The topological polar surface area (TPSA) is 55.3 Å². The summed E-state index contributed by atoms with van der Waals surface area (Å²) in [4.78, 5) is 21.9. The van der Waals surface area contributed by atoms with E-state index in [1.807, 2.05) is 30.3 Å². The van der Waals surface area contributed by atoms with E-state index in [1.165, 1.54) is 7.11 Å². The first kappa shape index (κ1) is 12.8. The van der Waals surface area contributed by atoms with E-state index in [2.05, 4.69) is 9.97 Å². The molecular weight excluding hydrogens is 250 g/mol. The van der Waals surface area contributed by atoms with Crippen LogP contribution < -0.4 is 4.90 Å². The van der Waals surface area contributed by atoms with E-state index >= 15 is 0 Å². The van der Waals surface area contributed by atoms with Crippen LogP contribution in [0.4, 0.5) is 5.82 Å². The number of thiophene rings is 1. The van der Waals surface area contributed by atoms with Gasteiger partial charge in [0.05, 0.1) is 23.2 Å². The van der Waals surface area contributed by atoms with Gasteiger partial charge in [-0.05, 0) is 11.4 Å². The smallest absolute Gasteiger partial charge is 0.310 e. The molecule has 6 heteroatoms. The molecule has 2 aromatic rings. The number of ether oxygens (including phenoxy) is 1. The Labute approximate surface area is 109 Å². The number of esters is 1. The maximum Gasteiger partial charge on any atom is 0.310 e. The number of rotatable bonds is 4. The van der Waals surface area contributed by atoms with Crippen molar-refractivity contribution in [2.45, 2.75) is 6.92 Å². The van der Waals surface area contributed by atoms with Crippen LogP contribution in [0.1, 0.15) is 6.92 Å². The van der Waals surface area contributed by atoms with Crippen LogP contribution in [0.3, 0.4) is 0 Å². The maximum absolute atomic E-state index is 11.4. The van der Waals surface area contributed by atoms with Gasteiger partial charge in [0.15, 0.2) is 0 Å². The summed E-state index contributed by atoms with van der Waals surface area (Å²) in [5, 5.41) is 1.99. The zero-order valence-electron chi connectivity index (χ0n) is 10.6. The summed E-state index contributed by atoms with van der Waals surface area (Å²) in [6.07, 6.45) is 1.55. The Morgan fingerprint density at radius 2 is 2.33 bits per heavy atom. The first-order chi connectivity index (χ1) is 8.63. The molecule has 0 aliphatic carbocycles. The number of carbonyl (C=O) groups excluding carboxylic acids is 1. The predicted octanol–water partition coefficient (Wildman–Crippen LogP) is 1.94. The summed E-state index contributed by atoms with van der Waals surface area (Å²) in [6.45, 7) is 2.41. The number of methoxy groups -OCH3 is 1. The van der Waals surface area contributed by atoms with Crippen molar-refractivity contribution in [2.24, 2.45) is 5.92 Å². The van der Waals surface area contributed by atoms with Crippen molar-refractivity contribution < 1.29 is 9.53 Å². The van der Waals surface area contributed by atoms with Gasteiger partial charge in [-0.25, -0.2) is 9.97 Å². The highest BCUT2D eigenvalue weighted by molar-refractivity contribution is 7.17. The van der Waals surface area contributed by atoms with Gasteiger partial charge in [-0.15, -0.1) is 11.3 Å². The Morgan fingerprint density at radius 1 is 1.56 bits per heavy atom. The number of fused-ring (bicyclic) bond motifs is 1. The monoisotopic (exact) mass is 265 g/mol. The lowest BCUT2D eigenvalue weighted by atomic mass is 10.2. The molecule has 2 heterocycles. The number of carbonyl (C=O) groups is 1. The van der Waals surface area contributed by atoms with Gasteiger partial charge < -0.3 is 9.64 Å². The third-order valence-electron chi connectivity index (χ3n) is 2.74. The average molecular weight is 265 g/mol. The summed E-state index contributed by atoms with van der Waals surface area (Å²) in [5.74, 6) is 0.453. The molecule has 5 nitrogen and oxygen atoms in total. The van der Waals surface area contributed by atoms with E-state index in [1.54, 1.807) is 17.7 Å². The highest BCUT2D eigenvalue weighted by Crippen LogP contribution is 2.27. The summed E-state index contributed by atoms with van der Waals surface area (Å²) in [6, 6.07) is 1.96. The van der Waals surface area contributed by atoms with Gasteiger partial charge in [0, 0.05) is 13.6 Å². The molecular formula is C12H15N3O2S. The largest absolute Gasteiger partial charge is 0.469 e. The third-order valence-corrected chi connectivity index (χ3v) is 3.64. The Morgan fingerprint density at radius 3 is 3.06 bits per heavy atom. The summed E-state index contributed by atoms with van der Waals surface area (Å²) in [7, 11) is 3.32. The number of anilines is 1. The van der Waals surface area contributed by atoms with Crippen LogP contribution in [0, 0.1) is 5.92 Å². The molecule has 0 saturated carbocycles. The standard InChI is InChI=1S/C12H15N3O2S/c1-8(12(16)17-3)6-15(2)11-10-9(4-5-18-10)13-7-14-11/h4-5,7-8H,6H2,1-3H3/t8-/m0/s1. The molecule has 0 amide bonds. The molecule has 0 aliphatic rings. The Bertz CT molecular complexity index is 555. The number of nitrogens with zero attached hydrogens (tertiary/aromatic N) is 3. The van der Waals surface area contributed by atoms with E-state index < -0.39 is 0 Å². The van der Waals surface area contributed by atoms with Crippen molar-refractivity contribution in [1.82, 2.24) is 9.97 Å². The highest BCUT2D eigenvalue weighted by Gasteiger charge is 2.18.